The standard InChI is InChI=1S/C55H35N3O/c1-2-11-38(12-3-1)58-48-31-36(22-27-45(48)52-46-17-8-16-44-43-15-6-7-18-50(43)59-51(53(44)46)32-49(52)58)35-21-25-39-37(30-35)23-26-42(41-14-5-4-13-40(39)41)47-28-24-34-20-19-33-10-9-29-56-54(33)55(34)57-47/h1-22,24-25,27-32,42H,23,26H2. The summed E-state index contributed by atoms with van der Waals surface area (Å²) in [5, 5.41) is 7.09. The Labute approximate surface area is 340 Å². The molecule has 0 fully saturated rings. The lowest BCUT2D eigenvalue weighted by Crippen LogP contribution is -2.05. The molecule has 11 aromatic rings. The Hall–Kier alpha value is -7.56. The molecule has 0 radical (unpaired) electrons. The van der Waals surface area contributed by atoms with Crippen LogP contribution in [0.4, 0.5) is 0 Å². The number of aromatic nitrogens is 3. The Bertz CT molecular complexity index is 3550. The first kappa shape index (κ1) is 32.5. The summed E-state index contributed by atoms with van der Waals surface area (Å²) >= 11 is 0. The second-order valence-electron chi connectivity index (χ2n) is 16.0. The number of aryl methyl sites for hydroxylation is 1. The van der Waals surface area contributed by atoms with Gasteiger partial charge in [-0.1, -0.05) is 133 Å². The molecule has 4 nitrogen and oxygen atoms in total. The minimum atomic E-state index is 0.163. The molecule has 4 heterocycles. The largest absolute Gasteiger partial charge is 0.456 e. The molecule has 1 atom stereocenters. The van der Waals surface area contributed by atoms with Gasteiger partial charge in [0.2, 0.25) is 0 Å². The predicted molar refractivity (Wildman–Crippen MR) is 242 cm³/mol. The zero-order chi connectivity index (χ0) is 38.6. The number of ether oxygens (including phenoxy) is 1. The monoisotopic (exact) mass is 753 g/mol. The van der Waals surface area contributed by atoms with E-state index < -0.39 is 0 Å². The van der Waals surface area contributed by atoms with E-state index in [0.717, 1.165) is 68.6 Å². The van der Waals surface area contributed by atoms with Crippen molar-refractivity contribution < 1.29 is 4.74 Å². The highest BCUT2D eigenvalue weighted by Gasteiger charge is 2.27. The van der Waals surface area contributed by atoms with Crippen LogP contribution in [0.3, 0.4) is 0 Å². The predicted octanol–water partition coefficient (Wildman–Crippen LogP) is 14.2. The highest BCUT2D eigenvalue weighted by molar-refractivity contribution is 6.25. The van der Waals surface area contributed by atoms with Gasteiger partial charge in [0.05, 0.1) is 22.1 Å². The molecule has 59 heavy (non-hydrogen) atoms. The SMILES string of the molecule is c1ccc(-n2c3cc(-c4ccc5c(c4)CCC(c4ccc6ccc7cccnc7c6n4)c4ccccc4-5)ccc3c3c4cccc5c4c(cc32)Oc2ccccc2-5)cc1. The summed E-state index contributed by atoms with van der Waals surface area (Å²) in [6.07, 6.45) is 3.78. The van der Waals surface area contributed by atoms with Crippen molar-refractivity contribution >= 4 is 54.4 Å². The van der Waals surface area contributed by atoms with Crippen molar-refractivity contribution in [3.8, 4) is 50.6 Å². The summed E-state index contributed by atoms with van der Waals surface area (Å²) in [5.74, 6) is 1.96. The third kappa shape index (κ3) is 4.84. The van der Waals surface area contributed by atoms with Crippen molar-refractivity contribution in [1.29, 1.82) is 0 Å². The van der Waals surface area contributed by atoms with Gasteiger partial charge in [-0.05, 0) is 93.6 Å². The van der Waals surface area contributed by atoms with Crippen molar-refractivity contribution in [2.45, 2.75) is 18.8 Å². The van der Waals surface area contributed by atoms with Crippen molar-refractivity contribution in [1.82, 2.24) is 14.5 Å². The Kier molecular flexibility index (Phi) is 6.87. The van der Waals surface area contributed by atoms with E-state index >= 15 is 0 Å². The summed E-state index contributed by atoms with van der Waals surface area (Å²) in [6, 6.07) is 63.9. The molecule has 0 saturated heterocycles. The average molecular weight is 754 g/mol. The number of nitrogens with zero attached hydrogens (tertiary/aromatic N) is 3. The maximum Gasteiger partial charge on any atom is 0.138 e. The molecule has 2 aliphatic rings. The lowest BCUT2D eigenvalue weighted by molar-refractivity contribution is 0.487. The van der Waals surface area contributed by atoms with Gasteiger partial charge in [0, 0.05) is 62.1 Å². The fraction of sp³-hybridized carbons (Fsp3) is 0.0545. The third-order valence-electron chi connectivity index (χ3n) is 12.8. The minimum Gasteiger partial charge on any atom is -0.456 e. The second kappa shape index (κ2) is 12.5. The number of para-hydroxylation sites is 2. The summed E-state index contributed by atoms with van der Waals surface area (Å²) < 4.78 is 9.09. The van der Waals surface area contributed by atoms with Gasteiger partial charge in [-0.25, -0.2) is 4.98 Å². The minimum absolute atomic E-state index is 0.163. The van der Waals surface area contributed by atoms with Crippen LogP contribution >= 0.6 is 0 Å². The number of fused-ring (bicyclic) bond motifs is 12. The van der Waals surface area contributed by atoms with Gasteiger partial charge in [-0.15, -0.1) is 0 Å². The van der Waals surface area contributed by atoms with Crippen LogP contribution in [0.25, 0.3) is 93.5 Å². The van der Waals surface area contributed by atoms with Crippen molar-refractivity contribution in [3.63, 3.8) is 0 Å². The molecular weight excluding hydrogens is 719 g/mol. The number of hydrogen-bond acceptors (Lipinski definition) is 3. The molecule has 1 aliphatic carbocycles. The van der Waals surface area contributed by atoms with Gasteiger partial charge in [0.1, 0.15) is 11.5 Å². The van der Waals surface area contributed by atoms with Crippen molar-refractivity contribution in [3.05, 3.63) is 199 Å². The first-order chi connectivity index (χ1) is 29.2. The van der Waals surface area contributed by atoms with Crippen LogP contribution in [0, 0.1) is 0 Å². The van der Waals surface area contributed by atoms with E-state index in [4.69, 9.17) is 14.7 Å². The molecule has 13 rings (SSSR count). The zero-order valence-corrected chi connectivity index (χ0v) is 32.1. The van der Waals surface area contributed by atoms with Crippen LogP contribution in [-0.2, 0) is 6.42 Å². The first-order valence-corrected chi connectivity index (χ1v) is 20.5. The average Bonchev–Trinajstić information content (AvgIpc) is 3.53. The van der Waals surface area contributed by atoms with E-state index in [1.165, 1.54) is 66.0 Å². The normalized spacial score (nSPS) is 14.3. The van der Waals surface area contributed by atoms with E-state index in [1.54, 1.807) is 0 Å². The fourth-order valence-electron chi connectivity index (χ4n) is 10.2. The van der Waals surface area contributed by atoms with E-state index in [0.29, 0.717) is 0 Å². The first-order valence-electron chi connectivity index (χ1n) is 20.5. The lowest BCUT2D eigenvalue weighted by atomic mass is 9.88. The van der Waals surface area contributed by atoms with Gasteiger partial charge >= 0.3 is 0 Å². The summed E-state index contributed by atoms with van der Waals surface area (Å²) in [7, 11) is 0. The van der Waals surface area contributed by atoms with Crippen LogP contribution in [-0.4, -0.2) is 14.5 Å². The van der Waals surface area contributed by atoms with Crippen LogP contribution < -0.4 is 4.74 Å². The molecule has 8 aromatic carbocycles. The highest BCUT2D eigenvalue weighted by Crippen LogP contribution is 2.51. The van der Waals surface area contributed by atoms with Crippen LogP contribution in [0.15, 0.2) is 182 Å². The Morgan fingerprint density at radius 2 is 1.29 bits per heavy atom. The van der Waals surface area contributed by atoms with Crippen LogP contribution in [0.2, 0.25) is 0 Å². The van der Waals surface area contributed by atoms with E-state index in [9.17, 15) is 0 Å². The molecule has 0 bridgehead atoms. The molecule has 276 valence electrons. The number of pyridine rings is 2. The van der Waals surface area contributed by atoms with Gasteiger partial charge in [-0.3, -0.25) is 4.98 Å². The summed E-state index contributed by atoms with van der Waals surface area (Å²) in [6.45, 7) is 0. The molecule has 0 N–H and O–H groups in total. The molecule has 1 aliphatic heterocycles. The van der Waals surface area contributed by atoms with Crippen LogP contribution in [0.1, 0.15) is 29.2 Å². The fourth-order valence-corrected chi connectivity index (χ4v) is 10.2. The maximum absolute atomic E-state index is 6.68. The highest BCUT2D eigenvalue weighted by atomic mass is 16.5. The number of hydrogen-bond donors (Lipinski definition) is 0. The van der Waals surface area contributed by atoms with Gasteiger partial charge in [0.25, 0.3) is 0 Å². The number of rotatable bonds is 3. The van der Waals surface area contributed by atoms with Gasteiger partial charge in [0.15, 0.2) is 0 Å². The third-order valence-corrected chi connectivity index (χ3v) is 12.8. The summed E-state index contributed by atoms with van der Waals surface area (Å²) in [5.41, 5.74) is 16.5. The summed E-state index contributed by atoms with van der Waals surface area (Å²) in [4.78, 5) is 10.1. The van der Waals surface area contributed by atoms with Gasteiger partial charge < -0.3 is 9.30 Å². The maximum atomic E-state index is 6.68. The van der Waals surface area contributed by atoms with Gasteiger partial charge in [-0.2, -0.15) is 0 Å². The lowest BCUT2D eigenvalue weighted by Gasteiger charge is -2.22. The molecule has 3 aromatic heterocycles. The topological polar surface area (TPSA) is 39.9 Å². The van der Waals surface area contributed by atoms with Crippen LogP contribution in [0.5, 0.6) is 11.5 Å². The molecular formula is C55H35N3O. The Morgan fingerprint density at radius 1 is 0.508 bits per heavy atom. The van der Waals surface area contributed by atoms with E-state index in [-0.39, 0.29) is 5.92 Å². The van der Waals surface area contributed by atoms with Crippen molar-refractivity contribution in [2.75, 3.05) is 0 Å². The van der Waals surface area contributed by atoms with E-state index in [2.05, 4.69) is 168 Å². The molecule has 4 heteroatoms. The zero-order valence-electron chi connectivity index (χ0n) is 32.1. The Morgan fingerprint density at radius 3 is 2.22 bits per heavy atom. The second-order valence-corrected chi connectivity index (χ2v) is 16.0. The van der Waals surface area contributed by atoms with Crippen molar-refractivity contribution in [2.24, 2.45) is 0 Å². The quantitative estimate of drug-likeness (QED) is 0.169. The number of benzene rings is 8. The molecule has 1 unspecified atom stereocenters. The molecule has 0 amide bonds. The smallest absolute Gasteiger partial charge is 0.138 e. The Balaban J connectivity index is 0.958. The molecule has 0 saturated carbocycles. The molecule has 0 spiro atoms. The van der Waals surface area contributed by atoms with E-state index in [1.807, 2.05) is 18.3 Å².